The fourth-order valence-electron chi connectivity index (χ4n) is 9.38. The largest absolute Gasteiger partial charge is 0.195 e. The van der Waals surface area contributed by atoms with E-state index in [-0.39, 0.29) is 10.3 Å². The van der Waals surface area contributed by atoms with Crippen molar-refractivity contribution in [1.82, 2.24) is 0 Å². The fraction of sp³-hybridized carbons (Fsp3) is 0.522. The summed E-state index contributed by atoms with van der Waals surface area (Å²) in [5, 5.41) is 5.60. The molecule has 0 bridgehead atoms. The van der Waals surface area contributed by atoms with Crippen molar-refractivity contribution in [1.29, 1.82) is 0 Å². The van der Waals surface area contributed by atoms with Crippen LogP contribution < -0.4 is 0 Å². The lowest BCUT2D eigenvalue weighted by molar-refractivity contribution is 0.650. The third-order valence-electron chi connectivity index (χ3n) is 10.0. The summed E-state index contributed by atoms with van der Waals surface area (Å²) in [5.74, 6) is 11.2. The zero-order valence-electron chi connectivity index (χ0n) is 33.7. The average molecular weight is 771 g/mol. The number of thiophene rings is 2. The Balaban J connectivity index is 1.95. The van der Waals surface area contributed by atoms with E-state index in [1.54, 1.807) is 12.1 Å². The quantitative estimate of drug-likeness (QED) is 0.0673. The van der Waals surface area contributed by atoms with Crippen molar-refractivity contribution < 1.29 is 8.78 Å². The molecule has 0 N–H and O–H groups in total. The van der Waals surface area contributed by atoms with Crippen molar-refractivity contribution in [2.24, 2.45) is 35.5 Å². The second-order valence-corrected chi connectivity index (χ2v) is 28.5. The van der Waals surface area contributed by atoms with Crippen molar-refractivity contribution in [3.05, 3.63) is 57.8 Å². The van der Waals surface area contributed by atoms with Gasteiger partial charge in [0, 0.05) is 31.3 Å². The number of hydrogen-bond donors (Lipinski definition) is 0. The van der Waals surface area contributed by atoms with Gasteiger partial charge >= 0.3 is 0 Å². The van der Waals surface area contributed by atoms with E-state index in [0.717, 1.165) is 52.8 Å². The first kappa shape index (κ1) is 40.7. The highest BCUT2D eigenvalue weighted by Crippen LogP contribution is 2.41. The van der Waals surface area contributed by atoms with Crippen LogP contribution >= 0.6 is 22.7 Å². The monoisotopic (exact) mass is 770 g/mol. The van der Waals surface area contributed by atoms with E-state index in [1.807, 2.05) is 0 Å². The summed E-state index contributed by atoms with van der Waals surface area (Å²) < 4.78 is 31.7. The van der Waals surface area contributed by atoms with E-state index in [1.165, 1.54) is 58.9 Å². The van der Waals surface area contributed by atoms with Gasteiger partial charge in [-0.3, -0.25) is 0 Å². The third kappa shape index (κ3) is 9.59. The molecular formula is C46H60F2S2Si2. The Morgan fingerprint density at radius 1 is 0.442 bits per heavy atom. The van der Waals surface area contributed by atoms with E-state index in [0.29, 0.717) is 35.5 Å². The molecule has 52 heavy (non-hydrogen) atoms. The van der Waals surface area contributed by atoms with Gasteiger partial charge in [0.25, 0.3) is 0 Å². The van der Waals surface area contributed by atoms with Crippen LogP contribution in [0.4, 0.5) is 8.78 Å². The number of hydrogen-bond acceptors (Lipinski definition) is 2. The molecule has 0 saturated heterocycles. The molecule has 0 saturated carbocycles. The third-order valence-corrected chi connectivity index (χ3v) is 22.7. The topological polar surface area (TPSA) is 0 Å². The van der Waals surface area contributed by atoms with Crippen LogP contribution in [-0.4, -0.2) is 16.1 Å². The van der Waals surface area contributed by atoms with E-state index < -0.39 is 16.1 Å². The molecule has 0 atom stereocenters. The lowest BCUT2D eigenvalue weighted by atomic mass is 9.91. The molecule has 0 aliphatic rings. The zero-order valence-corrected chi connectivity index (χ0v) is 37.4. The molecule has 2 aromatic heterocycles. The van der Waals surface area contributed by atoms with Gasteiger partial charge in [-0.2, -0.15) is 8.78 Å². The number of fused-ring (bicyclic) bond motifs is 4. The molecular weight excluding hydrogens is 711 g/mol. The first-order valence-electron chi connectivity index (χ1n) is 19.7. The van der Waals surface area contributed by atoms with Gasteiger partial charge in [-0.25, -0.2) is 0 Å². The van der Waals surface area contributed by atoms with E-state index in [2.05, 4.69) is 130 Å². The van der Waals surface area contributed by atoms with Crippen LogP contribution in [0.3, 0.4) is 0 Å². The van der Waals surface area contributed by atoms with Gasteiger partial charge in [0.2, 0.25) is 0 Å². The Morgan fingerprint density at radius 3 is 0.981 bits per heavy atom. The molecule has 0 unspecified atom stereocenters. The summed E-state index contributed by atoms with van der Waals surface area (Å²) in [6.07, 6.45) is 0. The summed E-state index contributed by atoms with van der Waals surface area (Å²) in [4.78, 5) is 0. The zero-order chi connectivity index (χ0) is 38.1. The molecule has 5 rings (SSSR count). The Hall–Kier alpha value is -2.49. The summed E-state index contributed by atoms with van der Waals surface area (Å²) >= 11 is 2.39. The molecule has 2 heterocycles. The van der Waals surface area contributed by atoms with Gasteiger partial charge in [-0.1, -0.05) is 94.9 Å². The van der Waals surface area contributed by atoms with Crippen molar-refractivity contribution >= 4 is 80.5 Å². The van der Waals surface area contributed by atoms with Crippen LogP contribution in [0, 0.1) is 68.7 Å². The molecule has 278 valence electrons. The summed E-state index contributed by atoms with van der Waals surface area (Å²) in [6.45, 7) is 28.1. The van der Waals surface area contributed by atoms with Crippen molar-refractivity contribution in [3.63, 3.8) is 0 Å². The maximum Gasteiger partial charge on any atom is 0.177 e. The van der Waals surface area contributed by atoms with Crippen molar-refractivity contribution in [2.45, 2.75) is 119 Å². The molecule has 0 spiro atoms. The molecule has 5 aromatic rings. The normalized spacial score (nSPS) is 12.8. The number of rotatable bonds is 12. The van der Waals surface area contributed by atoms with Crippen LogP contribution in [0.5, 0.6) is 0 Å². The summed E-state index contributed by atoms with van der Waals surface area (Å²) in [7, 11) is -4.08. The van der Waals surface area contributed by atoms with Gasteiger partial charge in [0.05, 0.1) is 0 Å². The number of halogens is 2. The van der Waals surface area contributed by atoms with Gasteiger partial charge < -0.3 is 0 Å². The Labute approximate surface area is 323 Å². The van der Waals surface area contributed by atoms with E-state index in [9.17, 15) is 8.78 Å². The molecule has 0 amide bonds. The Bertz CT molecular complexity index is 1880. The predicted octanol–water partition coefficient (Wildman–Crippen LogP) is 15.3. The minimum atomic E-state index is -2.04. The minimum absolute atomic E-state index is 0.180. The maximum atomic E-state index is 14.9. The highest BCUT2D eigenvalue weighted by Gasteiger charge is 2.35. The molecule has 0 aliphatic carbocycles. The lowest BCUT2D eigenvalue weighted by Gasteiger charge is -2.31. The first-order chi connectivity index (χ1) is 24.4. The second kappa shape index (κ2) is 16.5. The predicted molar refractivity (Wildman–Crippen MR) is 235 cm³/mol. The highest BCUT2D eigenvalue weighted by molar-refractivity contribution is 7.18. The maximum absolute atomic E-state index is 14.9. The second-order valence-electron chi connectivity index (χ2n) is 18.4. The fourth-order valence-corrected chi connectivity index (χ4v) is 22.8. The highest BCUT2D eigenvalue weighted by atomic mass is 32.1. The molecule has 6 heteroatoms. The molecule has 0 fully saturated rings. The molecule has 0 radical (unpaired) electrons. The minimum Gasteiger partial charge on any atom is -0.195 e. The van der Waals surface area contributed by atoms with Gasteiger partial charge in [0.1, 0.15) is 16.1 Å². The SMILES string of the molecule is CC(C)C[Si](C#Cc1c2cc3cc(F)sc3cc2c(C#C[Si](CC(C)C)(CC(C)C)CC(C)C)c2cc3sc(F)cc3cc12)(CC(C)C)CC(C)C. The molecule has 0 aliphatic heterocycles. The number of benzene rings is 3. The lowest BCUT2D eigenvalue weighted by Crippen LogP contribution is -2.37. The Kier molecular flexibility index (Phi) is 12.9. The summed E-state index contributed by atoms with van der Waals surface area (Å²) in [5.41, 5.74) is 10.2. The van der Waals surface area contributed by atoms with E-state index >= 15 is 0 Å². The van der Waals surface area contributed by atoms with Crippen LogP contribution in [0.2, 0.25) is 36.3 Å². The van der Waals surface area contributed by atoms with Crippen LogP contribution in [0.1, 0.15) is 94.2 Å². The van der Waals surface area contributed by atoms with Crippen LogP contribution in [0.15, 0.2) is 36.4 Å². The molecule has 0 nitrogen and oxygen atoms in total. The average Bonchev–Trinajstić information content (AvgIpc) is 3.53. The van der Waals surface area contributed by atoms with Gasteiger partial charge in [0.15, 0.2) is 10.3 Å². The summed E-state index contributed by atoms with van der Waals surface area (Å²) in [6, 6.07) is 19.0. The standard InChI is InChI=1S/C46H60F2S2Si2/c1-29(2)23-51(24-30(3)4,25-31(5)6)15-13-37-39-17-35-19-45(47)49-43(35)21-41(39)38(42-22-44-36(18-40(37)42)20-46(48)50-44)14-16-52(26-32(7)8,27-33(9)10)28-34(11)12/h17-22,29-34H,23-28H2,1-12H3. The van der Waals surface area contributed by atoms with Crippen LogP contribution in [-0.2, 0) is 0 Å². The van der Waals surface area contributed by atoms with Crippen molar-refractivity contribution in [3.8, 4) is 22.9 Å². The van der Waals surface area contributed by atoms with Gasteiger partial charge in [-0.05, 0) is 130 Å². The molecule has 3 aromatic carbocycles. The smallest absolute Gasteiger partial charge is 0.177 e. The Morgan fingerprint density at radius 2 is 0.712 bits per heavy atom. The van der Waals surface area contributed by atoms with Crippen LogP contribution in [0.25, 0.3) is 41.7 Å². The first-order valence-corrected chi connectivity index (χ1v) is 26.5. The van der Waals surface area contributed by atoms with Gasteiger partial charge in [-0.15, -0.1) is 33.8 Å². The van der Waals surface area contributed by atoms with Crippen molar-refractivity contribution in [2.75, 3.05) is 0 Å². The van der Waals surface area contributed by atoms with E-state index in [4.69, 9.17) is 0 Å².